The van der Waals surface area contributed by atoms with E-state index in [1.807, 2.05) is 25.1 Å². The standard InChI is InChI=1S/C10H12INO2/c1-6-3-4-7(11)5-8(6)10(2,12)9(13)14/h3-5H,12H2,1-2H3,(H,13,14)/t10-/m0/s1. The molecule has 1 rings (SSSR count). The van der Waals surface area contributed by atoms with Crippen LogP contribution < -0.4 is 5.73 Å². The summed E-state index contributed by atoms with van der Waals surface area (Å²) in [6.45, 7) is 3.37. The molecule has 0 aliphatic heterocycles. The molecule has 0 heterocycles. The molecule has 76 valence electrons. The summed E-state index contributed by atoms with van der Waals surface area (Å²) in [7, 11) is 0. The third-order valence-electron chi connectivity index (χ3n) is 2.20. The quantitative estimate of drug-likeness (QED) is 0.820. The van der Waals surface area contributed by atoms with E-state index in [-0.39, 0.29) is 0 Å². The Morgan fingerprint density at radius 3 is 2.64 bits per heavy atom. The summed E-state index contributed by atoms with van der Waals surface area (Å²) in [6, 6.07) is 5.62. The first-order chi connectivity index (χ1) is 6.35. The maximum absolute atomic E-state index is 11.0. The van der Waals surface area contributed by atoms with Gasteiger partial charge in [0.1, 0.15) is 5.54 Å². The Bertz CT molecular complexity index is 374. The molecule has 0 aliphatic rings. The zero-order chi connectivity index (χ0) is 10.9. The van der Waals surface area contributed by atoms with E-state index in [1.54, 1.807) is 0 Å². The lowest BCUT2D eigenvalue weighted by Gasteiger charge is -2.22. The molecule has 0 aromatic heterocycles. The first-order valence-electron chi connectivity index (χ1n) is 4.14. The van der Waals surface area contributed by atoms with Gasteiger partial charge in [-0.2, -0.15) is 0 Å². The van der Waals surface area contributed by atoms with Gasteiger partial charge < -0.3 is 10.8 Å². The van der Waals surface area contributed by atoms with Gasteiger partial charge in [0.25, 0.3) is 0 Å². The van der Waals surface area contributed by atoms with Gasteiger partial charge in [-0.1, -0.05) is 6.07 Å². The van der Waals surface area contributed by atoms with Crippen LogP contribution in [0.15, 0.2) is 18.2 Å². The first-order valence-corrected chi connectivity index (χ1v) is 5.22. The zero-order valence-corrected chi connectivity index (χ0v) is 10.2. The van der Waals surface area contributed by atoms with Crippen LogP contribution in [-0.2, 0) is 10.3 Å². The molecule has 0 saturated heterocycles. The molecule has 0 unspecified atom stereocenters. The molecular weight excluding hydrogens is 293 g/mol. The van der Waals surface area contributed by atoms with E-state index in [4.69, 9.17) is 10.8 Å². The fourth-order valence-electron chi connectivity index (χ4n) is 1.27. The zero-order valence-electron chi connectivity index (χ0n) is 8.04. The Kier molecular flexibility index (Phi) is 3.16. The molecule has 0 saturated carbocycles. The molecule has 1 atom stereocenters. The molecule has 14 heavy (non-hydrogen) atoms. The summed E-state index contributed by atoms with van der Waals surface area (Å²) < 4.78 is 0.987. The van der Waals surface area contributed by atoms with Gasteiger partial charge in [-0.05, 0) is 59.7 Å². The largest absolute Gasteiger partial charge is 0.480 e. The average molecular weight is 305 g/mol. The van der Waals surface area contributed by atoms with Gasteiger partial charge in [0, 0.05) is 3.57 Å². The number of hydrogen-bond donors (Lipinski definition) is 2. The topological polar surface area (TPSA) is 63.3 Å². The van der Waals surface area contributed by atoms with Crippen molar-refractivity contribution in [1.29, 1.82) is 0 Å². The number of nitrogens with two attached hydrogens (primary N) is 1. The molecule has 0 fully saturated rings. The van der Waals surface area contributed by atoms with Gasteiger partial charge in [0.2, 0.25) is 0 Å². The van der Waals surface area contributed by atoms with Gasteiger partial charge in [-0.25, -0.2) is 4.79 Å². The Balaban J connectivity index is 3.31. The number of aryl methyl sites for hydroxylation is 1. The number of benzene rings is 1. The molecule has 0 bridgehead atoms. The number of carbonyl (C=O) groups is 1. The van der Waals surface area contributed by atoms with Crippen molar-refractivity contribution in [3.63, 3.8) is 0 Å². The number of halogens is 1. The number of rotatable bonds is 2. The predicted octanol–water partition coefficient (Wildman–Crippen LogP) is 1.86. The Morgan fingerprint density at radius 1 is 1.57 bits per heavy atom. The van der Waals surface area contributed by atoms with Crippen LogP contribution in [0, 0.1) is 10.5 Å². The molecule has 1 aromatic carbocycles. The maximum atomic E-state index is 11.0. The summed E-state index contributed by atoms with van der Waals surface area (Å²) in [5, 5.41) is 8.98. The minimum Gasteiger partial charge on any atom is -0.480 e. The Hall–Kier alpha value is -0.620. The van der Waals surface area contributed by atoms with Gasteiger partial charge >= 0.3 is 5.97 Å². The number of aliphatic carboxylic acids is 1. The Labute approximate surface area is 96.4 Å². The third kappa shape index (κ3) is 2.06. The SMILES string of the molecule is Cc1ccc(I)cc1[C@](C)(N)C(=O)O. The summed E-state index contributed by atoms with van der Waals surface area (Å²) in [4.78, 5) is 11.0. The average Bonchev–Trinajstić information content (AvgIpc) is 2.08. The minimum atomic E-state index is -1.31. The van der Waals surface area contributed by atoms with E-state index in [9.17, 15) is 4.79 Å². The van der Waals surface area contributed by atoms with Crippen LogP contribution in [0.3, 0.4) is 0 Å². The molecule has 0 spiro atoms. The van der Waals surface area contributed by atoms with Crippen molar-refractivity contribution in [2.75, 3.05) is 0 Å². The van der Waals surface area contributed by atoms with E-state index in [2.05, 4.69) is 22.6 Å². The lowest BCUT2D eigenvalue weighted by atomic mass is 9.90. The third-order valence-corrected chi connectivity index (χ3v) is 2.87. The molecule has 0 aliphatic carbocycles. The monoisotopic (exact) mass is 305 g/mol. The van der Waals surface area contributed by atoms with Gasteiger partial charge in [0.05, 0.1) is 0 Å². The van der Waals surface area contributed by atoms with Crippen molar-refractivity contribution in [2.24, 2.45) is 5.73 Å². The Morgan fingerprint density at radius 2 is 2.14 bits per heavy atom. The van der Waals surface area contributed by atoms with Crippen molar-refractivity contribution in [3.05, 3.63) is 32.9 Å². The summed E-state index contributed by atoms with van der Waals surface area (Å²) >= 11 is 2.14. The lowest BCUT2D eigenvalue weighted by molar-refractivity contribution is -0.143. The second kappa shape index (κ2) is 3.86. The summed E-state index contributed by atoms with van der Waals surface area (Å²) in [5.41, 5.74) is 6.00. The van der Waals surface area contributed by atoms with Crippen LogP contribution in [0.25, 0.3) is 0 Å². The van der Waals surface area contributed by atoms with Crippen molar-refractivity contribution in [3.8, 4) is 0 Å². The van der Waals surface area contributed by atoms with E-state index in [1.165, 1.54) is 6.92 Å². The fraction of sp³-hybridized carbons (Fsp3) is 0.300. The van der Waals surface area contributed by atoms with Crippen molar-refractivity contribution < 1.29 is 9.90 Å². The van der Waals surface area contributed by atoms with E-state index >= 15 is 0 Å². The minimum absolute atomic E-state index is 0.664. The smallest absolute Gasteiger partial charge is 0.328 e. The molecule has 1 aromatic rings. The molecule has 4 heteroatoms. The van der Waals surface area contributed by atoms with Crippen molar-refractivity contribution >= 4 is 28.6 Å². The van der Waals surface area contributed by atoms with Crippen LogP contribution in [0.1, 0.15) is 18.1 Å². The highest BCUT2D eigenvalue weighted by Gasteiger charge is 2.31. The molecular formula is C10H12INO2. The van der Waals surface area contributed by atoms with E-state index < -0.39 is 11.5 Å². The van der Waals surface area contributed by atoms with Crippen molar-refractivity contribution in [1.82, 2.24) is 0 Å². The fourth-order valence-corrected chi connectivity index (χ4v) is 1.76. The normalized spacial score (nSPS) is 14.9. The van der Waals surface area contributed by atoms with Gasteiger partial charge in [-0.15, -0.1) is 0 Å². The van der Waals surface area contributed by atoms with Crippen molar-refractivity contribution in [2.45, 2.75) is 19.4 Å². The highest BCUT2D eigenvalue weighted by molar-refractivity contribution is 14.1. The summed E-state index contributed by atoms with van der Waals surface area (Å²) in [6.07, 6.45) is 0. The van der Waals surface area contributed by atoms with Crippen LogP contribution in [0.2, 0.25) is 0 Å². The van der Waals surface area contributed by atoms with Crippen LogP contribution in [0.4, 0.5) is 0 Å². The van der Waals surface area contributed by atoms with Crippen LogP contribution in [-0.4, -0.2) is 11.1 Å². The second-order valence-electron chi connectivity index (χ2n) is 3.47. The van der Waals surface area contributed by atoms with Crippen LogP contribution in [0.5, 0.6) is 0 Å². The second-order valence-corrected chi connectivity index (χ2v) is 4.71. The number of carboxylic acids is 1. The maximum Gasteiger partial charge on any atom is 0.328 e. The molecule has 0 amide bonds. The molecule has 3 nitrogen and oxygen atoms in total. The van der Waals surface area contributed by atoms with Gasteiger partial charge in [-0.3, -0.25) is 0 Å². The molecule has 0 radical (unpaired) electrons. The van der Waals surface area contributed by atoms with Crippen LogP contribution >= 0.6 is 22.6 Å². The van der Waals surface area contributed by atoms with Gasteiger partial charge in [0.15, 0.2) is 0 Å². The molecule has 3 N–H and O–H groups in total. The highest BCUT2D eigenvalue weighted by Crippen LogP contribution is 2.23. The first kappa shape index (κ1) is 11.5. The van der Waals surface area contributed by atoms with E-state index in [0.717, 1.165) is 9.13 Å². The lowest BCUT2D eigenvalue weighted by Crippen LogP contribution is -2.42. The highest BCUT2D eigenvalue weighted by atomic mass is 127. The predicted molar refractivity (Wildman–Crippen MR) is 63.1 cm³/mol. The summed E-state index contributed by atoms with van der Waals surface area (Å²) in [5.74, 6) is -1.01. The number of hydrogen-bond acceptors (Lipinski definition) is 2. The van der Waals surface area contributed by atoms with E-state index in [0.29, 0.717) is 5.56 Å². The number of carboxylic acid groups (broad SMARTS) is 1.